The molecule has 1 amide bonds. The van der Waals surface area contributed by atoms with Gasteiger partial charge < -0.3 is 19.3 Å². The van der Waals surface area contributed by atoms with Gasteiger partial charge in [-0.2, -0.15) is 0 Å². The van der Waals surface area contributed by atoms with E-state index in [-0.39, 0.29) is 0 Å². The van der Waals surface area contributed by atoms with Crippen molar-refractivity contribution in [3.63, 3.8) is 0 Å². The molecule has 4 aromatic rings. The Morgan fingerprint density at radius 3 is 2.45 bits per heavy atom. The quantitative estimate of drug-likeness (QED) is 0.370. The molecule has 0 unspecified atom stereocenters. The number of nitrogens with zero attached hydrogens (tertiary/aromatic N) is 3. The van der Waals surface area contributed by atoms with E-state index in [0.29, 0.717) is 13.1 Å². The van der Waals surface area contributed by atoms with E-state index < -0.39 is 6.09 Å². The topological polar surface area (TPSA) is 79.0 Å². The van der Waals surface area contributed by atoms with Crippen LogP contribution in [0.3, 0.4) is 0 Å². The zero-order valence-electron chi connectivity index (χ0n) is 17.9. The van der Waals surface area contributed by atoms with Crippen LogP contribution in [0, 0.1) is 0 Å². The molecule has 1 N–H and O–H groups in total. The molecule has 1 aliphatic heterocycles. The molecule has 1 fully saturated rings. The number of halogens is 1. The standard InChI is InChI=1S/C18H19BrN2O3.C7H5NO/c19-15-4-6-16(7-5-15)24-17-3-1-2-14(12-17)13-20-8-10-21(11-9-20)18(22)23;1-2-4-7-6(3-1)5-8-9-7/h1-7,12H,8-11,13H2,(H,22,23);1-5H. The molecule has 2 heterocycles. The molecular formula is C25H24BrN3O4. The highest BCUT2D eigenvalue weighted by Crippen LogP contribution is 2.24. The molecule has 33 heavy (non-hydrogen) atoms. The van der Waals surface area contributed by atoms with E-state index in [4.69, 9.17) is 14.4 Å². The zero-order chi connectivity index (χ0) is 23.0. The summed E-state index contributed by atoms with van der Waals surface area (Å²) in [4.78, 5) is 14.7. The van der Waals surface area contributed by atoms with Gasteiger partial charge in [-0.1, -0.05) is 45.4 Å². The lowest BCUT2D eigenvalue weighted by atomic mass is 10.2. The normalized spacial score (nSPS) is 13.9. The fourth-order valence-electron chi connectivity index (χ4n) is 3.51. The molecule has 1 aromatic heterocycles. The fourth-order valence-corrected chi connectivity index (χ4v) is 3.78. The summed E-state index contributed by atoms with van der Waals surface area (Å²) in [5.41, 5.74) is 2.01. The van der Waals surface area contributed by atoms with Gasteiger partial charge in [-0.05, 0) is 54.1 Å². The molecule has 3 aromatic carbocycles. The van der Waals surface area contributed by atoms with Crippen LogP contribution in [0.4, 0.5) is 4.79 Å². The van der Waals surface area contributed by atoms with Crippen molar-refractivity contribution in [2.75, 3.05) is 26.2 Å². The van der Waals surface area contributed by atoms with E-state index >= 15 is 0 Å². The lowest BCUT2D eigenvalue weighted by Crippen LogP contribution is -2.47. The Morgan fingerprint density at radius 2 is 1.73 bits per heavy atom. The minimum Gasteiger partial charge on any atom is -0.465 e. The fraction of sp³-hybridized carbons (Fsp3) is 0.200. The first-order valence-electron chi connectivity index (χ1n) is 10.6. The highest BCUT2D eigenvalue weighted by atomic mass is 79.9. The molecule has 5 rings (SSSR count). The molecule has 170 valence electrons. The van der Waals surface area contributed by atoms with Gasteiger partial charge in [-0.3, -0.25) is 4.90 Å². The van der Waals surface area contributed by atoms with Crippen LogP contribution in [0.2, 0.25) is 0 Å². The summed E-state index contributed by atoms with van der Waals surface area (Å²) in [6, 6.07) is 23.5. The second-order valence-electron chi connectivity index (χ2n) is 7.61. The number of rotatable bonds is 4. The summed E-state index contributed by atoms with van der Waals surface area (Å²) >= 11 is 3.41. The van der Waals surface area contributed by atoms with Crippen molar-refractivity contribution in [1.82, 2.24) is 15.0 Å². The number of hydrogen-bond donors (Lipinski definition) is 1. The SMILES string of the molecule is O=C(O)N1CCN(Cc2cccc(Oc3ccc(Br)cc3)c2)CC1.c1ccc2oncc2c1. The van der Waals surface area contributed by atoms with Crippen LogP contribution in [0.15, 0.2) is 88.0 Å². The number of aromatic nitrogens is 1. The lowest BCUT2D eigenvalue weighted by Gasteiger charge is -2.33. The van der Waals surface area contributed by atoms with Gasteiger partial charge in [0.2, 0.25) is 0 Å². The number of benzene rings is 3. The summed E-state index contributed by atoms with van der Waals surface area (Å²) in [6.45, 7) is 3.42. The minimum absolute atomic E-state index is 0.560. The molecule has 0 atom stereocenters. The van der Waals surface area contributed by atoms with Crippen LogP contribution in [0.25, 0.3) is 11.0 Å². The van der Waals surface area contributed by atoms with Gasteiger partial charge in [0.25, 0.3) is 0 Å². The highest BCUT2D eigenvalue weighted by molar-refractivity contribution is 9.10. The molecule has 0 saturated carbocycles. The number of para-hydroxylation sites is 1. The monoisotopic (exact) mass is 509 g/mol. The van der Waals surface area contributed by atoms with Crippen LogP contribution < -0.4 is 4.74 Å². The van der Waals surface area contributed by atoms with Crippen molar-refractivity contribution in [3.05, 3.63) is 89.0 Å². The van der Waals surface area contributed by atoms with E-state index in [1.54, 1.807) is 6.20 Å². The third-order valence-corrected chi connectivity index (χ3v) is 5.79. The zero-order valence-corrected chi connectivity index (χ0v) is 19.5. The molecule has 8 heteroatoms. The first kappa shape index (κ1) is 22.8. The molecule has 1 saturated heterocycles. The van der Waals surface area contributed by atoms with Crippen molar-refractivity contribution in [1.29, 1.82) is 0 Å². The second kappa shape index (κ2) is 11.0. The number of carboxylic acid groups (broad SMARTS) is 1. The Balaban J connectivity index is 0.000000238. The van der Waals surface area contributed by atoms with E-state index in [2.05, 4.69) is 32.1 Å². The highest BCUT2D eigenvalue weighted by Gasteiger charge is 2.20. The van der Waals surface area contributed by atoms with Gasteiger partial charge in [0.05, 0.1) is 6.20 Å². The van der Waals surface area contributed by atoms with Crippen LogP contribution >= 0.6 is 15.9 Å². The van der Waals surface area contributed by atoms with Crippen molar-refractivity contribution in [2.24, 2.45) is 0 Å². The predicted octanol–water partition coefficient (Wildman–Crippen LogP) is 5.86. The predicted molar refractivity (Wildman–Crippen MR) is 130 cm³/mol. The Labute approximate surface area is 200 Å². The van der Waals surface area contributed by atoms with Crippen molar-refractivity contribution >= 4 is 33.0 Å². The van der Waals surface area contributed by atoms with Crippen molar-refractivity contribution in [2.45, 2.75) is 6.54 Å². The summed E-state index contributed by atoms with van der Waals surface area (Å²) in [5, 5.41) is 13.7. The third kappa shape index (κ3) is 6.57. The third-order valence-electron chi connectivity index (χ3n) is 5.26. The summed E-state index contributed by atoms with van der Waals surface area (Å²) in [6.07, 6.45) is 0.870. The van der Waals surface area contributed by atoms with Gasteiger partial charge >= 0.3 is 6.09 Å². The van der Waals surface area contributed by atoms with E-state index in [1.807, 2.05) is 66.7 Å². The molecular weight excluding hydrogens is 486 g/mol. The second-order valence-corrected chi connectivity index (χ2v) is 8.53. The number of piperazine rings is 1. The Bertz CT molecular complexity index is 1160. The maximum atomic E-state index is 10.9. The van der Waals surface area contributed by atoms with Gasteiger partial charge in [-0.15, -0.1) is 0 Å². The Hall–Kier alpha value is -3.36. The van der Waals surface area contributed by atoms with E-state index in [1.165, 1.54) is 4.90 Å². The smallest absolute Gasteiger partial charge is 0.407 e. The molecule has 0 aliphatic carbocycles. The maximum absolute atomic E-state index is 10.9. The first-order chi connectivity index (χ1) is 16.1. The molecule has 7 nitrogen and oxygen atoms in total. The molecule has 0 spiro atoms. The molecule has 0 bridgehead atoms. The average molecular weight is 510 g/mol. The summed E-state index contributed by atoms with van der Waals surface area (Å²) in [7, 11) is 0. The maximum Gasteiger partial charge on any atom is 0.407 e. The summed E-state index contributed by atoms with van der Waals surface area (Å²) in [5.74, 6) is 1.60. The van der Waals surface area contributed by atoms with Gasteiger partial charge in [0.15, 0.2) is 5.58 Å². The van der Waals surface area contributed by atoms with Crippen molar-refractivity contribution in [3.8, 4) is 11.5 Å². The number of hydrogen-bond acceptors (Lipinski definition) is 5. The Morgan fingerprint density at radius 1 is 0.970 bits per heavy atom. The minimum atomic E-state index is -0.834. The van der Waals surface area contributed by atoms with Crippen LogP contribution in [0.5, 0.6) is 11.5 Å². The van der Waals surface area contributed by atoms with Crippen molar-refractivity contribution < 1.29 is 19.2 Å². The number of amides is 1. The average Bonchev–Trinajstić information content (AvgIpc) is 3.31. The Kier molecular flexibility index (Phi) is 7.59. The van der Waals surface area contributed by atoms with Crippen LogP contribution in [0.1, 0.15) is 5.56 Å². The first-order valence-corrected chi connectivity index (χ1v) is 11.4. The van der Waals surface area contributed by atoms with Gasteiger partial charge in [-0.25, -0.2) is 4.79 Å². The number of fused-ring (bicyclic) bond motifs is 1. The number of ether oxygens (including phenoxy) is 1. The largest absolute Gasteiger partial charge is 0.465 e. The molecule has 1 aliphatic rings. The van der Waals surface area contributed by atoms with E-state index in [9.17, 15) is 4.79 Å². The van der Waals surface area contributed by atoms with Crippen LogP contribution in [-0.4, -0.2) is 52.3 Å². The summed E-state index contributed by atoms with van der Waals surface area (Å²) < 4.78 is 11.8. The van der Waals surface area contributed by atoms with Gasteiger partial charge in [0.1, 0.15) is 11.5 Å². The lowest BCUT2D eigenvalue weighted by molar-refractivity contribution is 0.103. The number of carbonyl (C=O) groups is 1. The molecule has 0 radical (unpaired) electrons. The van der Waals surface area contributed by atoms with E-state index in [0.717, 1.165) is 52.1 Å². The van der Waals surface area contributed by atoms with Gasteiger partial charge in [0, 0.05) is 42.6 Å². The van der Waals surface area contributed by atoms with Crippen LogP contribution in [-0.2, 0) is 6.54 Å².